The van der Waals surface area contributed by atoms with Gasteiger partial charge in [0.05, 0.1) is 35.0 Å². The predicted octanol–water partition coefficient (Wildman–Crippen LogP) is 6.65. The van der Waals surface area contributed by atoms with E-state index in [9.17, 15) is 17.6 Å². The van der Waals surface area contributed by atoms with Crippen molar-refractivity contribution < 1.29 is 26.8 Å². The van der Waals surface area contributed by atoms with Crippen molar-refractivity contribution in [1.82, 2.24) is 15.3 Å². The van der Waals surface area contributed by atoms with E-state index in [1.165, 1.54) is 38.6 Å². The van der Waals surface area contributed by atoms with Gasteiger partial charge in [0.2, 0.25) is 15.9 Å². The molecule has 0 spiro atoms. The highest BCUT2D eigenvalue weighted by Gasteiger charge is 2.27. The molecular formula is C32H27FN4O5S2. The number of aromatic nitrogens is 2. The second-order valence-electron chi connectivity index (χ2n) is 10.2. The molecule has 0 radical (unpaired) electrons. The lowest BCUT2D eigenvalue weighted by molar-refractivity contribution is 0.0964. The Balaban J connectivity index is 1.65. The van der Waals surface area contributed by atoms with Gasteiger partial charge in [0.1, 0.15) is 27.7 Å². The summed E-state index contributed by atoms with van der Waals surface area (Å²) in [6, 6.07) is 19.0. The Morgan fingerprint density at radius 3 is 2.45 bits per heavy atom. The van der Waals surface area contributed by atoms with Gasteiger partial charge in [-0.25, -0.2) is 22.8 Å². The maximum atomic E-state index is 14.5. The van der Waals surface area contributed by atoms with Crippen molar-refractivity contribution in [3.8, 4) is 39.0 Å². The van der Waals surface area contributed by atoms with E-state index < -0.39 is 15.8 Å². The van der Waals surface area contributed by atoms with Gasteiger partial charge in [-0.1, -0.05) is 35.9 Å². The van der Waals surface area contributed by atoms with E-state index in [-0.39, 0.29) is 23.0 Å². The average molecular weight is 631 g/mol. The van der Waals surface area contributed by atoms with Gasteiger partial charge in [0.25, 0.3) is 5.91 Å². The van der Waals surface area contributed by atoms with Crippen LogP contribution in [0.1, 0.15) is 15.9 Å². The third-order valence-electron chi connectivity index (χ3n) is 7.31. The van der Waals surface area contributed by atoms with Gasteiger partial charge in [-0.2, -0.15) is 0 Å². The molecule has 44 heavy (non-hydrogen) atoms. The van der Waals surface area contributed by atoms with E-state index in [1.807, 2.05) is 31.2 Å². The van der Waals surface area contributed by atoms with Crippen LogP contribution in [0.25, 0.3) is 54.3 Å². The summed E-state index contributed by atoms with van der Waals surface area (Å²) in [6.07, 6.45) is 1.09. The zero-order chi connectivity index (χ0) is 31.3. The molecule has 0 aliphatic heterocycles. The molecule has 0 fully saturated rings. The Morgan fingerprint density at radius 1 is 1.05 bits per heavy atom. The Hall–Kier alpha value is -4.81. The minimum absolute atomic E-state index is 0.240. The number of sulfonamides is 1. The molecule has 1 amide bonds. The van der Waals surface area contributed by atoms with Crippen LogP contribution in [0.3, 0.4) is 0 Å². The number of amides is 1. The molecule has 1 N–H and O–H groups in total. The second kappa shape index (κ2) is 11.0. The van der Waals surface area contributed by atoms with E-state index in [2.05, 4.69) is 15.3 Å². The summed E-state index contributed by atoms with van der Waals surface area (Å²) in [4.78, 5) is 22.4. The zero-order valence-electron chi connectivity index (χ0n) is 24.4. The summed E-state index contributed by atoms with van der Waals surface area (Å²) in [5, 5.41) is 3.69. The van der Waals surface area contributed by atoms with Gasteiger partial charge in [-0.3, -0.25) is 9.10 Å². The SMILES string of the molecule is CNC(=O)c1c(-c2ccc(C)cc2)oc2cc(N(C)S(C)(=O)=O)c(-c3cc(-c4nc5c(F)cccc5s4)cc(OC)n3)cc12. The van der Waals surface area contributed by atoms with Gasteiger partial charge < -0.3 is 14.5 Å². The Morgan fingerprint density at radius 2 is 1.80 bits per heavy atom. The molecule has 0 saturated carbocycles. The highest BCUT2D eigenvalue weighted by Crippen LogP contribution is 2.42. The average Bonchev–Trinajstić information content (AvgIpc) is 3.62. The third kappa shape index (κ3) is 5.16. The molecule has 0 atom stereocenters. The Kier molecular flexibility index (Phi) is 7.34. The summed E-state index contributed by atoms with van der Waals surface area (Å²) in [7, 11) is 0.694. The fraction of sp³-hybridized carbons (Fsp3) is 0.156. The van der Waals surface area contributed by atoms with Gasteiger partial charge in [-0.15, -0.1) is 11.3 Å². The molecule has 12 heteroatoms. The maximum absolute atomic E-state index is 14.5. The lowest BCUT2D eigenvalue weighted by Crippen LogP contribution is -2.25. The number of methoxy groups -OCH3 is 1. The number of nitrogens with one attached hydrogen (secondary N) is 1. The fourth-order valence-electron chi connectivity index (χ4n) is 4.94. The number of hydrogen-bond donors (Lipinski definition) is 1. The largest absolute Gasteiger partial charge is 0.481 e. The molecule has 0 unspecified atom stereocenters. The van der Waals surface area contributed by atoms with Crippen molar-refractivity contribution in [3.05, 3.63) is 83.7 Å². The summed E-state index contributed by atoms with van der Waals surface area (Å²) in [5.41, 5.74) is 4.22. The van der Waals surface area contributed by atoms with Crippen molar-refractivity contribution in [2.24, 2.45) is 0 Å². The van der Waals surface area contributed by atoms with Crippen LogP contribution in [0.4, 0.5) is 10.1 Å². The number of nitrogens with zero attached hydrogens (tertiary/aromatic N) is 3. The van der Waals surface area contributed by atoms with Crippen LogP contribution in [0.15, 0.2) is 71.1 Å². The maximum Gasteiger partial charge on any atom is 0.255 e. The Bertz CT molecular complexity index is 2190. The lowest BCUT2D eigenvalue weighted by Gasteiger charge is -2.20. The summed E-state index contributed by atoms with van der Waals surface area (Å²) in [6.45, 7) is 1.96. The van der Waals surface area contributed by atoms with Crippen molar-refractivity contribution >= 4 is 54.1 Å². The molecule has 6 rings (SSSR count). The number of ether oxygens (including phenoxy) is 1. The van der Waals surface area contributed by atoms with E-state index in [0.29, 0.717) is 54.4 Å². The van der Waals surface area contributed by atoms with Crippen LogP contribution in [0, 0.1) is 12.7 Å². The van der Waals surface area contributed by atoms with E-state index in [4.69, 9.17) is 9.15 Å². The Labute approximate surface area is 257 Å². The number of rotatable bonds is 7. The summed E-state index contributed by atoms with van der Waals surface area (Å²) < 4.78 is 53.7. The quantitative estimate of drug-likeness (QED) is 0.210. The number of aryl methyl sites for hydroxylation is 1. The minimum Gasteiger partial charge on any atom is -0.481 e. The number of pyridine rings is 1. The molecular weight excluding hydrogens is 604 g/mol. The first-order chi connectivity index (χ1) is 21.0. The van der Waals surface area contributed by atoms with Crippen LogP contribution < -0.4 is 14.4 Å². The number of halogens is 1. The minimum atomic E-state index is -3.73. The lowest BCUT2D eigenvalue weighted by atomic mass is 10.00. The van der Waals surface area contributed by atoms with Gasteiger partial charge in [0, 0.05) is 48.3 Å². The highest BCUT2D eigenvalue weighted by molar-refractivity contribution is 7.92. The molecule has 3 aromatic carbocycles. The van der Waals surface area contributed by atoms with Crippen LogP contribution in [-0.2, 0) is 10.0 Å². The van der Waals surface area contributed by atoms with Crippen LogP contribution in [0.2, 0.25) is 0 Å². The highest BCUT2D eigenvalue weighted by atomic mass is 32.2. The van der Waals surface area contributed by atoms with Crippen LogP contribution >= 0.6 is 11.3 Å². The van der Waals surface area contributed by atoms with E-state index in [1.54, 1.807) is 36.4 Å². The molecule has 0 bridgehead atoms. The number of fused-ring (bicyclic) bond motifs is 2. The zero-order valence-corrected chi connectivity index (χ0v) is 26.1. The molecule has 0 aliphatic carbocycles. The van der Waals surface area contributed by atoms with E-state index in [0.717, 1.165) is 16.1 Å². The standard InChI is InChI=1S/C32H27FN4O5S2/c1-17-9-11-18(12-10-17)30-28(31(38)34-2)21-15-20(24(16-25(21)42-30)37(3)44(5,39)40)23-13-19(14-27(35-23)41-4)32-36-29-22(33)7-6-8-26(29)43-32/h6-16H,1-5H3,(H,34,38). The third-order valence-corrected chi connectivity index (χ3v) is 9.58. The monoisotopic (exact) mass is 630 g/mol. The molecule has 3 heterocycles. The van der Waals surface area contributed by atoms with Crippen molar-refractivity contribution in [2.45, 2.75) is 6.92 Å². The summed E-state index contributed by atoms with van der Waals surface area (Å²) in [5.74, 6) is -0.213. The first-order valence-electron chi connectivity index (χ1n) is 13.4. The summed E-state index contributed by atoms with van der Waals surface area (Å²) >= 11 is 1.31. The first kappa shape index (κ1) is 29.3. The number of carbonyl (C=O) groups excluding carboxylic acids is 1. The number of hydrogen-bond acceptors (Lipinski definition) is 8. The number of anilines is 1. The van der Waals surface area contributed by atoms with Crippen molar-refractivity contribution in [3.63, 3.8) is 0 Å². The number of carbonyl (C=O) groups is 1. The number of thiazole rings is 1. The van der Waals surface area contributed by atoms with Crippen molar-refractivity contribution in [2.75, 3.05) is 31.8 Å². The first-order valence-corrected chi connectivity index (χ1v) is 16.1. The molecule has 6 aromatic rings. The molecule has 0 aliphatic rings. The second-order valence-corrected chi connectivity index (χ2v) is 13.3. The molecule has 0 saturated heterocycles. The topological polar surface area (TPSA) is 115 Å². The van der Waals surface area contributed by atoms with Crippen LogP contribution in [0.5, 0.6) is 5.88 Å². The fourth-order valence-corrected chi connectivity index (χ4v) is 6.42. The van der Waals surface area contributed by atoms with Crippen molar-refractivity contribution in [1.29, 1.82) is 0 Å². The number of para-hydroxylation sites is 1. The normalized spacial score (nSPS) is 11.7. The van der Waals surface area contributed by atoms with Gasteiger partial charge >= 0.3 is 0 Å². The molecule has 9 nitrogen and oxygen atoms in total. The molecule has 224 valence electrons. The smallest absolute Gasteiger partial charge is 0.255 e. The predicted molar refractivity (Wildman–Crippen MR) is 171 cm³/mol. The van der Waals surface area contributed by atoms with E-state index >= 15 is 0 Å². The van der Waals surface area contributed by atoms with Gasteiger partial charge in [0.15, 0.2) is 0 Å². The number of furan rings is 1. The molecule has 3 aromatic heterocycles. The van der Waals surface area contributed by atoms with Crippen LogP contribution in [-0.4, -0.2) is 51.8 Å². The van der Waals surface area contributed by atoms with Gasteiger partial charge in [-0.05, 0) is 31.2 Å². The number of benzene rings is 3.